The topological polar surface area (TPSA) is 112 Å². The van der Waals surface area contributed by atoms with Crippen LogP contribution in [0.25, 0.3) is 0 Å². The molecule has 0 aromatic heterocycles. The largest absolute Gasteiger partial charge is 0.477 e. The zero-order valence-electron chi connectivity index (χ0n) is 27.7. The summed E-state index contributed by atoms with van der Waals surface area (Å²) in [7, 11) is 0. The molecule has 3 atom stereocenters. The molecule has 0 bridgehead atoms. The van der Waals surface area contributed by atoms with Gasteiger partial charge in [0.05, 0.1) is 6.54 Å². The molecule has 3 unspecified atom stereocenters. The van der Waals surface area contributed by atoms with E-state index in [9.17, 15) is 29.7 Å². The Kier molecular flexibility index (Phi) is 24.4. The molecule has 7 heteroatoms. The fraction of sp³-hybridized carbons (Fsp3) is 0.857. The second-order valence-corrected chi connectivity index (χ2v) is 12.3. The van der Waals surface area contributed by atoms with Crippen molar-refractivity contribution in [1.29, 1.82) is 0 Å². The molecule has 0 aliphatic carbocycles. The van der Waals surface area contributed by atoms with Crippen LogP contribution in [0.15, 0.2) is 12.2 Å². The molecular weight excluding hydrogens is 530 g/mol. The highest BCUT2D eigenvalue weighted by Crippen LogP contribution is 2.33. The first-order valence-electron chi connectivity index (χ1n) is 17.4. The Morgan fingerprint density at radius 3 is 1.07 bits per heavy atom. The molecule has 246 valence electrons. The molecule has 0 aromatic carbocycles. The first kappa shape index (κ1) is 40.1. The molecule has 0 aliphatic rings. The number of carboxylic acids is 3. The molecule has 0 heterocycles. The van der Waals surface area contributed by atoms with Gasteiger partial charge in [0.2, 0.25) is 0 Å². The summed E-state index contributed by atoms with van der Waals surface area (Å²) in [4.78, 5) is 37.7. The van der Waals surface area contributed by atoms with Crippen LogP contribution in [0.4, 0.5) is 0 Å². The van der Waals surface area contributed by atoms with Crippen molar-refractivity contribution in [3.63, 3.8) is 0 Å². The van der Waals surface area contributed by atoms with E-state index in [0.717, 1.165) is 19.3 Å². The first-order chi connectivity index (χ1) is 20.2. The average Bonchev–Trinajstić information content (AvgIpc) is 2.95. The van der Waals surface area contributed by atoms with Gasteiger partial charge in [0.25, 0.3) is 0 Å². The van der Waals surface area contributed by atoms with Gasteiger partial charge in [-0.2, -0.15) is 0 Å². The summed E-state index contributed by atoms with van der Waals surface area (Å²) in [5, 5.41) is 30.8. The van der Waals surface area contributed by atoms with Crippen molar-refractivity contribution < 1.29 is 34.2 Å². The lowest BCUT2D eigenvalue weighted by molar-refractivity contribution is -0.968. The van der Waals surface area contributed by atoms with Crippen LogP contribution in [0, 0.1) is 0 Å². The molecule has 0 rings (SSSR count). The molecular formula is C35H66NO6+. The molecule has 0 amide bonds. The van der Waals surface area contributed by atoms with Crippen molar-refractivity contribution >= 4 is 17.9 Å². The Morgan fingerprint density at radius 2 is 0.786 bits per heavy atom. The van der Waals surface area contributed by atoms with Crippen LogP contribution in [-0.2, 0) is 14.4 Å². The van der Waals surface area contributed by atoms with E-state index in [0.29, 0.717) is 19.3 Å². The second kappa shape index (κ2) is 25.6. The Labute approximate surface area is 257 Å². The summed E-state index contributed by atoms with van der Waals surface area (Å²) < 4.78 is -0.453. The van der Waals surface area contributed by atoms with Gasteiger partial charge in [0, 0.05) is 19.3 Å². The Bertz CT molecular complexity index is 677. The van der Waals surface area contributed by atoms with E-state index in [4.69, 9.17) is 0 Å². The van der Waals surface area contributed by atoms with Crippen molar-refractivity contribution in [3.8, 4) is 0 Å². The number of carbonyl (C=O) groups is 3. The Hall–Kier alpha value is -1.89. The summed E-state index contributed by atoms with van der Waals surface area (Å²) >= 11 is 0. The van der Waals surface area contributed by atoms with Crippen LogP contribution >= 0.6 is 0 Å². The van der Waals surface area contributed by atoms with Crippen molar-refractivity contribution in [2.45, 2.75) is 187 Å². The second-order valence-electron chi connectivity index (χ2n) is 12.3. The molecule has 7 nitrogen and oxygen atoms in total. The van der Waals surface area contributed by atoms with E-state index in [2.05, 4.69) is 6.92 Å². The third-order valence-electron chi connectivity index (χ3n) is 8.84. The Balaban J connectivity index is 5.00. The molecule has 42 heavy (non-hydrogen) atoms. The van der Waals surface area contributed by atoms with E-state index < -0.39 is 40.5 Å². The number of allylic oxidation sites excluding steroid dienone is 1. The molecule has 0 fully saturated rings. The van der Waals surface area contributed by atoms with Crippen LogP contribution in [0.5, 0.6) is 0 Å². The lowest BCUT2D eigenvalue weighted by atomic mass is 9.92. The molecule has 0 saturated heterocycles. The predicted molar refractivity (Wildman–Crippen MR) is 173 cm³/mol. The molecule has 0 aromatic rings. The summed E-state index contributed by atoms with van der Waals surface area (Å²) in [6.45, 7) is 7.95. The smallest absolute Gasteiger partial charge is 0.362 e. The lowest BCUT2D eigenvalue weighted by Crippen LogP contribution is -2.72. The Morgan fingerprint density at radius 1 is 0.476 bits per heavy atom. The highest BCUT2D eigenvalue weighted by molar-refractivity contribution is 5.78. The molecule has 0 saturated carbocycles. The highest BCUT2D eigenvalue weighted by Gasteiger charge is 2.56. The highest BCUT2D eigenvalue weighted by atomic mass is 16.4. The summed E-state index contributed by atoms with van der Waals surface area (Å²) in [6, 6.07) is -3.28. The van der Waals surface area contributed by atoms with Gasteiger partial charge < -0.3 is 15.3 Å². The normalized spacial score (nSPS) is 15.3. The summed E-state index contributed by atoms with van der Waals surface area (Å²) in [5.74, 6) is -3.34. The van der Waals surface area contributed by atoms with Crippen LogP contribution < -0.4 is 0 Å². The van der Waals surface area contributed by atoms with E-state index in [-0.39, 0.29) is 25.8 Å². The fourth-order valence-electron chi connectivity index (χ4n) is 6.57. The number of carboxylic acid groups (broad SMARTS) is 3. The quantitative estimate of drug-likeness (QED) is 0.0433. The number of aliphatic carboxylic acids is 3. The third-order valence-corrected chi connectivity index (χ3v) is 8.84. The van der Waals surface area contributed by atoms with Crippen molar-refractivity contribution in [3.05, 3.63) is 12.2 Å². The van der Waals surface area contributed by atoms with Crippen LogP contribution in [0.2, 0.25) is 0 Å². The van der Waals surface area contributed by atoms with E-state index in [1.165, 1.54) is 83.5 Å². The number of nitrogens with zero attached hydrogens (tertiary/aromatic N) is 1. The molecule has 0 aliphatic heterocycles. The van der Waals surface area contributed by atoms with Gasteiger partial charge in [0.1, 0.15) is 0 Å². The summed E-state index contributed by atoms with van der Waals surface area (Å²) in [6.07, 6.45) is 26.6. The van der Waals surface area contributed by atoms with Crippen molar-refractivity contribution in [2.24, 2.45) is 0 Å². The maximum absolute atomic E-state index is 12.6. The minimum Gasteiger partial charge on any atom is -0.477 e. The maximum Gasteiger partial charge on any atom is 0.362 e. The SMILES string of the molecule is CCCCCCCCCCCCCCCCC/C=C/C[N+](C(CCC)C(=O)O)(C(CCC)C(=O)O)C(CCC)C(=O)O. The maximum atomic E-state index is 12.6. The zero-order chi connectivity index (χ0) is 31.6. The number of unbranched alkanes of at least 4 members (excludes halogenated alkanes) is 15. The van der Waals surface area contributed by atoms with Gasteiger partial charge in [-0.05, 0) is 38.2 Å². The van der Waals surface area contributed by atoms with Gasteiger partial charge in [-0.3, -0.25) is 4.48 Å². The van der Waals surface area contributed by atoms with Crippen LogP contribution in [0.1, 0.15) is 169 Å². The minimum atomic E-state index is -1.11. The molecule has 0 spiro atoms. The number of rotatable bonds is 30. The van der Waals surface area contributed by atoms with Crippen LogP contribution in [0.3, 0.4) is 0 Å². The zero-order valence-corrected chi connectivity index (χ0v) is 27.7. The molecule has 0 radical (unpaired) electrons. The van der Waals surface area contributed by atoms with Crippen molar-refractivity contribution in [2.75, 3.05) is 6.54 Å². The average molecular weight is 597 g/mol. The van der Waals surface area contributed by atoms with E-state index in [1.54, 1.807) is 0 Å². The van der Waals surface area contributed by atoms with Gasteiger partial charge in [-0.1, -0.05) is 124 Å². The van der Waals surface area contributed by atoms with Gasteiger partial charge in [-0.15, -0.1) is 0 Å². The monoisotopic (exact) mass is 596 g/mol. The van der Waals surface area contributed by atoms with E-state index >= 15 is 0 Å². The number of quaternary nitrogens is 1. The van der Waals surface area contributed by atoms with Crippen molar-refractivity contribution in [1.82, 2.24) is 0 Å². The predicted octanol–water partition coefficient (Wildman–Crippen LogP) is 9.38. The third kappa shape index (κ3) is 15.5. The number of hydrogen-bond acceptors (Lipinski definition) is 3. The van der Waals surface area contributed by atoms with Gasteiger partial charge >= 0.3 is 17.9 Å². The minimum absolute atomic E-state index is 0.101. The molecule has 3 N–H and O–H groups in total. The first-order valence-corrected chi connectivity index (χ1v) is 17.4. The summed E-state index contributed by atoms with van der Waals surface area (Å²) in [5.41, 5.74) is 0. The van der Waals surface area contributed by atoms with Gasteiger partial charge in [-0.25, -0.2) is 14.4 Å². The fourth-order valence-corrected chi connectivity index (χ4v) is 6.57. The lowest BCUT2D eigenvalue weighted by Gasteiger charge is -2.49. The number of hydrogen-bond donors (Lipinski definition) is 3. The standard InChI is InChI=1S/C35H65NO6/c1-5-9-10-11-12-13-14-15-16-17-18-19-20-21-22-23-24-25-29-36(30(26-6-2)33(37)38,31(27-7-3)34(39)40)32(28-8-4)35(41)42/h24-25,30-32H,5-23,26-29H2,1-4H3,(H2-,37,38,39,40,41,42)/p+1/b25-24+. The van der Waals surface area contributed by atoms with Gasteiger partial charge in [0.15, 0.2) is 18.1 Å². The van der Waals surface area contributed by atoms with E-state index in [1.807, 2.05) is 32.9 Å². The van der Waals surface area contributed by atoms with Crippen LogP contribution in [-0.4, -0.2) is 62.4 Å².